The maximum absolute atomic E-state index is 8.88. The topological polar surface area (TPSA) is 74.7 Å². The number of thioether (sulfide) groups is 1. The minimum Gasteiger partial charge on any atom is -0.409 e. The Bertz CT molecular complexity index is 450. The van der Waals surface area contributed by atoms with Gasteiger partial charge in [-0.2, -0.15) is 11.8 Å². The summed E-state index contributed by atoms with van der Waals surface area (Å²) in [5.41, 5.74) is 7.30. The summed E-state index contributed by atoms with van der Waals surface area (Å²) in [6.07, 6.45) is 3.10. The molecule has 0 radical (unpaired) electrons. The van der Waals surface area contributed by atoms with Gasteiger partial charge in [0, 0.05) is 24.5 Å². The van der Waals surface area contributed by atoms with Gasteiger partial charge < -0.3 is 15.8 Å². The fraction of sp³-hybridized carbons (Fsp3) is 0.538. The number of nitrogens with zero attached hydrogens (tertiary/aromatic N) is 3. The third-order valence-electron chi connectivity index (χ3n) is 3.11. The number of rotatable bonds is 6. The van der Waals surface area contributed by atoms with Crippen LogP contribution in [0.25, 0.3) is 0 Å². The summed E-state index contributed by atoms with van der Waals surface area (Å²) in [6, 6.07) is 4.07. The summed E-state index contributed by atoms with van der Waals surface area (Å²) in [7, 11) is 2.00. The van der Waals surface area contributed by atoms with Gasteiger partial charge in [0.05, 0.1) is 5.56 Å². The lowest BCUT2D eigenvalue weighted by molar-refractivity contribution is 0.318. The SMILES string of the molecule is CCC(CSC)N(C)c1nc(C)ccc1/C(N)=N/O. The third-order valence-corrected chi connectivity index (χ3v) is 3.83. The highest BCUT2D eigenvalue weighted by molar-refractivity contribution is 7.98. The van der Waals surface area contributed by atoms with E-state index in [2.05, 4.69) is 28.2 Å². The van der Waals surface area contributed by atoms with Crippen molar-refractivity contribution < 1.29 is 5.21 Å². The first-order valence-electron chi connectivity index (χ1n) is 6.22. The van der Waals surface area contributed by atoms with E-state index in [4.69, 9.17) is 10.9 Å². The van der Waals surface area contributed by atoms with Gasteiger partial charge in [0.1, 0.15) is 5.82 Å². The molecule has 19 heavy (non-hydrogen) atoms. The second-order valence-electron chi connectivity index (χ2n) is 4.44. The van der Waals surface area contributed by atoms with Crippen molar-refractivity contribution in [3.63, 3.8) is 0 Å². The van der Waals surface area contributed by atoms with Crippen molar-refractivity contribution in [2.24, 2.45) is 10.9 Å². The second-order valence-corrected chi connectivity index (χ2v) is 5.35. The molecule has 0 aliphatic rings. The maximum Gasteiger partial charge on any atom is 0.173 e. The smallest absolute Gasteiger partial charge is 0.173 e. The van der Waals surface area contributed by atoms with Gasteiger partial charge in [0.25, 0.3) is 0 Å². The van der Waals surface area contributed by atoms with Crippen LogP contribution >= 0.6 is 11.8 Å². The minimum absolute atomic E-state index is 0.0911. The predicted octanol–water partition coefficient (Wildman–Crippen LogP) is 2.06. The molecule has 0 aromatic carbocycles. The number of anilines is 1. The molecule has 1 heterocycles. The summed E-state index contributed by atoms with van der Waals surface area (Å²) in [5.74, 6) is 1.86. The number of amidine groups is 1. The van der Waals surface area contributed by atoms with Crippen LogP contribution in [0.3, 0.4) is 0 Å². The highest BCUT2D eigenvalue weighted by atomic mass is 32.2. The van der Waals surface area contributed by atoms with E-state index in [0.717, 1.165) is 23.7 Å². The zero-order chi connectivity index (χ0) is 14.4. The number of nitrogens with two attached hydrogens (primary N) is 1. The molecular formula is C13H22N4OS. The summed E-state index contributed by atoms with van der Waals surface area (Å²) < 4.78 is 0. The van der Waals surface area contributed by atoms with Gasteiger partial charge >= 0.3 is 0 Å². The molecular weight excluding hydrogens is 260 g/mol. The molecule has 0 saturated heterocycles. The molecule has 0 amide bonds. The summed E-state index contributed by atoms with van der Waals surface area (Å²) >= 11 is 1.80. The monoisotopic (exact) mass is 282 g/mol. The first-order valence-corrected chi connectivity index (χ1v) is 7.61. The van der Waals surface area contributed by atoms with E-state index in [9.17, 15) is 0 Å². The van der Waals surface area contributed by atoms with Crippen LogP contribution in [0.1, 0.15) is 24.6 Å². The van der Waals surface area contributed by atoms with Crippen LogP contribution in [0.5, 0.6) is 0 Å². The summed E-state index contributed by atoms with van der Waals surface area (Å²) in [4.78, 5) is 6.65. The van der Waals surface area contributed by atoms with Crippen LogP contribution in [-0.2, 0) is 0 Å². The lowest BCUT2D eigenvalue weighted by Gasteiger charge is -2.29. The van der Waals surface area contributed by atoms with Gasteiger partial charge in [0.15, 0.2) is 5.84 Å². The predicted molar refractivity (Wildman–Crippen MR) is 82.3 cm³/mol. The van der Waals surface area contributed by atoms with E-state index in [1.54, 1.807) is 11.8 Å². The van der Waals surface area contributed by atoms with Crippen molar-refractivity contribution in [1.29, 1.82) is 0 Å². The molecule has 1 aromatic rings. The second kappa shape index (κ2) is 7.23. The molecule has 0 bridgehead atoms. The van der Waals surface area contributed by atoms with Gasteiger partial charge in [-0.25, -0.2) is 4.98 Å². The number of hydrogen-bond donors (Lipinski definition) is 2. The summed E-state index contributed by atoms with van der Waals surface area (Å²) in [5, 5.41) is 12.0. The lowest BCUT2D eigenvalue weighted by atomic mass is 10.1. The molecule has 0 aliphatic carbocycles. The standard InChI is InChI=1S/C13H22N4OS/c1-5-10(8-19-4)17(3)13-11(12(14)16-18)7-6-9(2)15-13/h6-7,10,18H,5,8H2,1-4H3,(H2,14,16). The van der Waals surface area contributed by atoms with E-state index in [1.165, 1.54) is 0 Å². The van der Waals surface area contributed by atoms with Crippen molar-refractivity contribution in [1.82, 2.24) is 4.98 Å². The molecule has 0 spiro atoms. The van der Waals surface area contributed by atoms with Gasteiger partial charge in [-0.3, -0.25) is 0 Å². The molecule has 6 heteroatoms. The Labute approximate surface area is 118 Å². The maximum atomic E-state index is 8.88. The Morgan fingerprint density at radius 3 is 2.79 bits per heavy atom. The van der Waals surface area contributed by atoms with E-state index in [0.29, 0.717) is 11.6 Å². The van der Waals surface area contributed by atoms with Gasteiger partial charge in [-0.05, 0) is 31.7 Å². The fourth-order valence-corrected chi connectivity index (χ4v) is 2.78. The average molecular weight is 282 g/mol. The molecule has 0 saturated carbocycles. The van der Waals surface area contributed by atoms with E-state index >= 15 is 0 Å². The minimum atomic E-state index is 0.0911. The zero-order valence-corrected chi connectivity index (χ0v) is 12.7. The van der Waals surface area contributed by atoms with Crippen molar-refractivity contribution in [2.75, 3.05) is 24.0 Å². The Morgan fingerprint density at radius 2 is 2.26 bits per heavy atom. The molecule has 106 valence electrons. The first kappa shape index (κ1) is 15.6. The number of pyridine rings is 1. The van der Waals surface area contributed by atoms with Crippen molar-refractivity contribution in [3.05, 3.63) is 23.4 Å². The normalized spacial score (nSPS) is 13.4. The Hall–Kier alpha value is -1.43. The number of aryl methyl sites for hydroxylation is 1. The van der Waals surface area contributed by atoms with Crippen LogP contribution in [0, 0.1) is 6.92 Å². The van der Waals surface area contributed by atoms with E-state index in [1.807, 2.05) is 26.1 Å². The zero-order valence-electron chi connectivity index (χ0n) is 11.9. The average Bonchev–Trinajstić information content (AvgIpc) is 2.43. The van der Waals surface area contributed by atoms with Gasteiger partial charge in [-0.1, -0.05) is 12.1 Å². The molecule has 5 nitrogen and oxygen atoms in total. The molecule has 1 rings (SSSR count). The van der Waals surface area contributed by atoms with Crippen molar-refractivity contribution in [3.8, 4) is 0 Å². The van der Waals surface area contributed by atoms with E-state index < -0.39 is 0 Å². The lowest BCUT2D eigenvalue weighted by Crippen LogP contribution is -2.35. The largest absolute Gasteiger partial charge is 0.409 e. The fourth-order valence-electron chi connectivity index (χ4n) is 1.93. The summed E-state index contributed by atoms with van der Waals surface area (Å²) in [6.45, 7) is 4.08. The Kier molecular flexibility index (Phi) is 5.95. The first-order chi connectivity index (χ1) is 9.04. The van der Waals surface area contributed by atoms with Crippen LogP contribution in [-0.4, -0.2) is 41.1 Å². The Balaban J connectivity index is 3.19. The van der Waals surface area contributed by atoms with Crippen molar-refractivity contribution >= 4 is 23.4 Å². The number of aromatic nitrogens is 1. The third kappa shape index (κ3) is 3.76. The van der Waals surface area contributed by atoms with E-state index in [-0.39, 0.29) is 5.84 Å². The van der Waals surface area contributed by atoms with Crippen molar-refractivity contribution in [2.45, 2.75) is 26.3 Å². The molecule has 1 aromatic heterocycles. The highest BCUT2D eigenvalue weighted by Crippen LogP contribution is 2.22. The molecule has 0 fully saturated rings. The number of hydrogen-bond acceptors (Lipinski definition) is 5. The number of oxime groups is 1. The van der Waals surface area contributed by atoms with Gasteiger partial charge in [-0.15, -0.1) is 0 Å². The highest BCUT2D eigenvalue weighted by Gasteiger charge is 2.19. The Morgan fingerprint density at radius 1 is 1.58 bits per heavy atom. The quantitative estimate of drug-likeness (QED) is 0.361. The van der Waals surface area contributed by atoms with Gasteiger partial charge in [0.2, 0.25) is 0 Å². The van der Waals surface area contributed by atoms with Crippen LogP contribution in [0.15, 0.2) is 17.3 Å². The van der Waals surface area contributed by atoms with Crippen LogP contribution in [0.4, 0.5) is 5.82 Å². The molecule has 3 N–H and O–H groups in total. The van der Waals surface area contributed by atoms with Crippen LogP contribution in [0.2, 0.25) is 0 Å². The molecule has 1 unspecified atom stereocenters. The molecule has 0 aliphatic heterocycles. The van der Waals surface area contributed by atoms with Crippen LogP contribution < -0.4 is 10.6 Å². The molecule has 1 atom stereocenters.